The molecule has 2 aromatic carbocycles. The van der Waals surface area contributed by atoms with E-state index in [1.807, 2.05) is 31.2 Å². The van der Waals surface area contributed by atoms with Gasteiger partial charge in [0.05, 0.1) is 42.2 Å². The Morgan fingerprint density at radius 1 is 1.14 bits per heavy atom. The van der Waals surface area contributed by atoms with Gasteiger partial charge in [-0.05, 0) is 62.2 Å². The number of aromatic nitrogens is 1. The van der Waals surface area contributed by atoms with Gasteiger partial charge < -0.3 is 23.7 Å². The standard InChI is InChI=1S/C27H26N2O7S/c1-5-33-21-13-17(8-10-18(21)32-4)24-23(26(31)34-6-2)15(3)28-27-29(24)25(30)22(37-27)12-16-7-9-19-20(11-16)36-14-35-19/h7-13,24H,5-6,14H2,1-4H3/b22-12+. The fourth-order valence-electron chi connectivity index (χ4n) is 4.39. The summed E-state index contributed by atoms with van der Waals surface area (Å²) in [5, 5.41) is 0. The molecule has 1 unspecified atom stereocenters. The van der Waals surface area contributed by atoms with Crippen LogP contribution >= 0.6 is 11.3 Å². The zero-order valence-electron chi connectivity index (χ0n) is 20.9. The zero-order chi connectivity index (χ0) is 26.1. The summed E-state index contributed by atoms with van der Waals surface area (Å²) in [4.78, 5) is 32.0. The lowest BCUT2D eigenvalue weighted by molar-refractivity contribution is -0.139. The molecular formula is C27H26N2O7S. The van der Waals surface area contributed by atoms with E-state index in [1.54, 1.807) is 43.7 Å². The highest BCUT2D eigenvalue weighted by atomic mass is 32.1. The molecule has 0 saturated carbocycles. The van der Waals surface area contributed by atoms with E-state index < -0.39 is 12.0 Å². The second-order valence-corrected chi connectivity index (χ2v) is 9.27. The number of nitrogens with zero attached hydrogens (tertiary/aromatic N) is 2. The van der Waals surface area contributed by atoms with Crippen LogP contribution in [-0.2, 0) is 9.53 Å². The minimum Gasteiger partial charge on any atom is -0.493 e. The average Bonchev–Trinajstić information content (AvgIpc) is 3.47. The van der Waals surface area contributed by atoms with Crippen LogP contribution in [0.1, 0.15) is 37.9 Å². The summed E-state index contributed by atoms with van der Waals surface area (Å²) in [5.41, 5.74) is 1.99. The van der Waals surface area contributed by atoms with Crippen molar-refractivity contribution < 1.29 is 28.5 Å². The number of hydrogen-bond acceptors (Lipinski definition) is 9. The summed E-state index contributed by atoms with van der Waals surface area (Å²) >= 11 is 1.26. The Hall–Kier alpha value is -4.05. The summed E-state index contributed by atoms with van der Waals surface area (Å²) in [6.45, 7) is 6.16. The maximum Gasteiger partial charge on any atom is 0.338 e. The lowest BCUT2D eigenvalue weighted by atomic mass is 9.95. The van der Waals surface area contributed by atoms with Gasteiger partial charge in [-0.3, -0.25) is 9.36 Å². The van der Waals surface area contributed by atoms with Crippen LogP contribution in [0.15, 0.2) is 57.5 Å². The molecule has 2 aliphatic rings. The van der Waals surface area contributed by atoms with Crippen molar-refractivity contribution in [2.45, 2.75) is 26.8 Å². The van der Waals surface area contributed by atoms with Gasteiger partial charge >= 0.3 is 5.97 Å². The van der Waals surface area contributed by atoms with E-state index in [4.69, 9.17) is 23.7 Å². The first-order valence-electron chi connectivity index (χ1n) is 11.8. The Morgan fingerprint density at radius 2 is 1.95 bits per heavy atom. The van der Waals surface area contributed by atoms with E-state index >= 15 is 0 Å². The van der Waals surface area contributed by atoms with Gasteiger partial charge in [0.2, 0.25) is 6.79 Å². The number of benzene rings is 2. The number of methoxy groups -OCH3 is 1. The Kier molecular flexibility index (Phi) is 6.75. The molecule has 5 rings (SSSR count). The van der Waals surface area contributed by atoms with Crippen LogP contribution in [0.2, 0.25) is 0 Å². The molecule has 0 bridgehead atoms. The minimum atomic E-state index is -0.751. The van der Waals surface area contributed by atoms with Crippen molar-refractivity contribution >= 4 is 23.4 Å². The third kappa shape index (κ3) is 4.48. The van der Waals surface area contributed by atoms with Crippen molar-refractivity contribution in [1.82, 2.24) is 4.57 Å². The maximum absolute atomic E-state index is 13.8. The number of carbonyl (C=O) groups excluding carboxylic acids is 1. The molecule has 37 heavy (non-hydrogen) atoms. The molecule has 3 aromatic rings. The van der Waals surface area contributed by atoms with Crippen molar-refractivity contribution in [3.05, 3.63) is 78.5 Å². The minimum absolute atomic E-state index is 0.169. The van der Waals surface area contributed by atoms with Crippen LogP contribution in [0.4, 0.5) is 0 Å². The summed E-state index contributed by atoms with van der Waals surface area (Å²) < 4.78 is 29.4. The highest BCUT2D eigenvalue weighted by molar-refractivity contribution is 7.07. The number of hydrogen-bond donors (Lipinski definition) is 0. The molecule has 1 atom stereocenters. The highest BCUT2D eigenvalue weighted by Gasteiger charge is 2.34. The summed E-state index contributed by atoms with van der Waals surface area (Å²) in [6, 6.07) is 10.1. The lowest BCUT2D eigenvalue weighted by Gasteiger charge is -2.25. The van der Waals surface area contributed by atoms with Crippen molar-refractivity contribution in [3.8, 4) is 23.0 Å². The number of rotatable bonds is 7. The zero-order valence-corrected chi connectivity index (χ0v) is 21.7. The monoisotopic (exact) mass is 522 g/mol. The van der Waals surface area contributed by atoms with Gasteiger partial charge in [0.1, 0.15) is 0 Å². The van der Waals surface area contributed by atoms with Gasteiger partial charge in [-0.15, -0.1) is 0 Å². The van der Waals surface area contributed by atoms with Crippen molar-refractivity contribution in [2.75, 3.05) is 27.1 Å². The van der Waals surface area contributed by atoms with Crippen molar-refractivity contribution in [3.63, 3.8) is 0 Å². The maximum atomic E-state index is 13.8. The SMILES string of the molecule is CCOC(=O)C1=C(C)N=c2s/c(=C/c3ccc4c(c3)OCO4)c(=O)n2C1c1ccc(OC)c(OCC)c1. The summed E-state index contributed by atoms with van der Waals surface area (Å²) in [6.07, 6.45) is 1.78. The van der Waals surface area contributed by atoms with Crippen LogP contribution in [-0.4, -0.2) is 37.7 Å². The van der Waals surface area contributed by atoms with E-state index in [0.29, 0.717) is 55.8 Å². The molecule has 0 fully saturated rings. The number of carbonyl (C=O) groups is 1. The number of ether oxygens (including phenoxy) is 5. The van der Waals surface area contributed by atoms with E-state index in [2.05, 4.69) is 4.99 Å². The van der Waals surface area contributed by atoms with Crippen LogP contribution in [0.3, 0.4) is 0 Å². The van der Waals surface area contributed by atoms with Gasteiger partial charge in [-0.2, -0.15) is 0 Å². The second-order valence-electron chi connectivity index (χ2n) is 8.26. The van der Waals surface area contributed by atoms with E-state index in [1.165, 1.54) is 11.3 Å². The molecule has 3 heterocycles. The molecule has 10 heteroatoms. The number of allylic oxidation sites excluding steroid dienone is 1. The molecule has 0 amide bonds. The molecule has 0 N–H and O–H groups in total. The largest absolute Gasteiger partial charge is 0.493 e. The molecule has 0 radical (unpaired) electrons. The molecular weight excluding hydrogens is 496 g/mol. The predicted molar refractivity (Wildman–Crippen MR) is 137 cm³/mol. The van der Waals surface area contributed by atoms with E-state index in [9.17, 15) is 9.59 Å². The van der Waals surface area contributed by atoms with Crippen molar-refractivity contribution in [1.29, 1.82) is 0 Å². The van der Waals surface area contributed by atoms with Crippen LogP contribution < -0.4 is 33.8 Å². The average molecular weight is 523 g/mol. The van der Waals surface area contributed by atoms with E-state index in [-0.39, 0.29) is 19.0 Å². The smallest absolute Gasteiger partial charge is 0.338 e. The molecule has 9 nitrogen and oxygen atoms in total. The van der Waals surface area contributed by atoms with Crippen LogP contribution in [0.25, 0.3) is 6.08 Å². The second kappa shape index (κ2) is 10.1. The first kappa shape index (κ1) is 24.6. The first-order valence-corrected chi connectivity index (χ1v) is 12.7. The van der Waals surface area contributed by atoms with Crippen LogP contribution in [0, 0.1) is 0 Å². The summed E-state index contributed by atoms with van der Waals surface area (Å²) in [7, 11) is 1.56. The van der Waals surface area contributed by atoms with Gasteiger partial charge in [0.25, 0.3) is 5.56 Å². The van der Waals surface area contributed by atoms with Gasteiger partial charge in [-0.25, -0.2) is 9.79 Å². The van der Waals surface area contributed by atoms with Gasteiger partial charge in [0.15, 0.2) is 27.8 Å². The lowest BCUT2D eigenvalue weighted by Crippen LogP contribution is -2.40. The van der Waals surface area contributed by atoms with Crippen LogP contribution in [0.5, 0.6) is 23.0 Å². The molecule has 2 aliphatic heterocycles. The molecule has 1 aromatic heterocycles. The van der Waals surface area contributed by atoms with E-state index in [0.717, 1.165) is 5.56 Å². The third-order valence-corrected chi connectivity index (χ3v) is 7.00. The Bertz CT molecular complexity index is 1580. The fraction of sp³-hybridized carbons (Fsp3) is 0.296. The third-order valence-electron chi connectivity index (χ3n) is 6.01. The van der Waals surface area contributed by atoms with Gasteiger partial charge in [0, 0.05) is 0 Å². The first-order chi connectivity index (χ1) is 17.9. The number of thiazole rings is 1. The Labute approximate surface area is 216 Å². The Balaban J connectivity index is 1.70. The predicted octanol–water partition coefficient (Wildman–Crippen LogP) is 2.93. The highest BCUT2D eigenvalue weighted by Crippen LogP contribution is 2.36. The van der Waals surface area contributed by atoms with Crippen molar-refractivity contribution in [2.24, 2.45) is 4.99 Å². The topological polar surface area (TPSA) is 97.6 Å². The molecule has 192 valence electrons. The quantitative estimate of drug-likeness (QED) is 0.440. The normalized spacial score (nSPS) is 16.3. The van der Waals surface area contributed by atoms with Gasteiger partial charge in [-0.1, -0.05) is 23.5 Å². The number of fused-ring (bicyclic) bond motifs is 2. The fourth-order valence-corrected chi connectivity index (χ4v) is 5.44. The molecule has 0 aliphatic carbocycles. The Morgan fingerprint density at radius 3 is 2.70 bits per heavy atom. The molecule has 0 spiro atoms. The molecule has 0 saturated heterocycles. The summed E-state index contributed by atoms with van der Waals surface area (Å²) in [5.74, 6) is 1.84. The number of esters is 1.